The highest BCUT2D eigenvalue weighted by Gasteiger charge is 2.35. The number of benzene rings is 2. The van der Waals surface area contributed by atoms with Gasteiger partial charge in [0.25, 0.3) is 0 Å². The first-order chi connectivity index (χ1) is 15.9. The third-order valence-electron chi connectivity index (χ3n) is 5.05. The Hall–Kier alpha value is -3.66. The predicted octanol–water partition coefficient (Wildman–Crippen LogP) is 4.47. The van der Waals surface area contributed by atoms with Gasteiger partial charge in [-0.2, -0.15) is 13.2 Å². The molecule has 0 atom stereocenters. The lowest BCUT2D eigenvalue weighted by Crippen LogP contribution is -2.20. The van der Waals surface area contributed by atoms with E-state index in [9.17, 15) is 31.2 Å². The summed E-state index contributed by atoms with van der Waals surface area (Å²) >= 11 is 0. The van der Waals surface area contributed by atoms with Crippen LogP contribution in [0.2, 0.25) is 0 Å². The van der Waals surface area contributed by atoms with Crippen molar-refractivity contribution >= 4 is 31.6 Å². The molecule has 0 unspecified atom stereocenters. The van der Waals surface area contributed by atoms with E-state index in [0.717, 1.165) is 56.2 Å². The van der Waals surface area contributed by atoms with E-state index in [0.29, 0.717) is 0 Å². The lowest BCUT2D eigenvalue weighted by Gasteiger charge is -2.20. The lowest BCUT2D eigenvalue weighted by molar-refractivity contribution is -0.144. The van der Waals surface area contributed by atoms with Gasteiger partial charge in [0.15, 0.2) is 5.57 Å². The van der Waals surface area contributed by atoms with Crippen molar-refractivity contribution in [1.29, 1.82) is 0 Å². The van der Waals surface area contributed by atoms with Crippen LogP contribution in [0.25, 0.3) is 9.81 Å². The molecule has 0 radical (unpaired) electrons. The predicted molar refractivity (Wildman–Crippen MR) is 119 cm³/mol. The number of ether oxygens (including phenoxy) is 2. The molecule has 178 valence electrons. The van der Waals surface area contributed by atoms with E-state index in [4.69, 9.17) is 0 Å². The van der Waals surface area contributed by atoms with Gasteiger partial charge in [-0.3, -0.25) is 0 Å². The maximum atomic E-state index is 13.5. The van der Waals surface area contributed by atoms with E-state index in [-0.39, 0.29) is 26.5 Å². The first kappa shape index (κ1) is 25.0. The first-order valence-corrected chi connectivity index (χ1v) is 11.2. The summed E-state index contributed by atoms with van der Waals surface area (Å²) in [6.45, 7) is 1.80. The Morgan fingerprint density at radius 3 is 1.56 bits per heavy atom. The highest BCUT2D eigenvalue weighted by atomic mass is 32.2. The van der Waals surface area contributed by atoms with Gasteiger partial charge in [0.1, 0.15) is 0 Å². The Kier molecular flexibility index (Phi) is 6.83. The SMILES string of the molecule is COC(=O)C(C(=O)OC)=C1C=C(c2ccc(C)cc2)S(=O)(=O)C(c2ccc(C(F)(F)F)cc2)=C1. The Morgan fingerprint density at radius 2 is 1.18 bits per heavy atom. The minimum absolute atomic E-state index is 0.0581. The van der Waals surface area contributed by atoms with Crippen LogP contribution in [0.5, 0.6) is 0 Å². The summed E-state index contributed by atoms with van der Waals surface area (Å²) in [5.74, 6) is -2.13. The summed E-state index contributed by atoms with van der Waals surface area (Å²) < 4.78 is 75.4. The highest BCUT2D eigenvalue weighted by molar-refractivity contribution is 8.09. The molecule has 0 bridgehead atoms. The van der Waals surface area contributed by atoms with Crippen LogP contribution >= 0.6 is 0 Å². The number of methoxy groups -OCH3 is 2. The fourth-order valence-electron chi connectivity index (χ4n) is 3.28. The van der Waals surface area contributed by atoms with Crippen LogP contribution in [0.1, 0.15) is 22.3 Å². The fraction of sp³-hybridized carbons (Fsp3) is 0.167. The van der Waals surface area contributed by atoms with Gasteiger partial charge in [0.05, 0.1) is 29.6 Å². The largest absolute Gasteiger partial charge is 0.465 e. The Morgan fingerprint density at radius 1 is 0.765 bits per heavy atom. The number of aryl methyl sites for hydroxylation is 1. The third kappa shape index (κ3) is 4.81. The minimum Gasteiger partial charge on any atom is -0.465 e. The van der Waals surface area contributed by atoms with Gasteiger partial charge in [-0.05, 0) is 47.9 Å². The van der Waals surface area contributed by atoms with Crippen molar-refractivity contribution in [3.05, 3.63) is 94.1 Å². The van der Waals surface area contributed by atoms with Crippen LogP contribution < -0.4 is 0 Å². The summed E-state index contributed by atoms with van der Waals surface area (Å²) in [5.41, 5.74) is -0.587. The van der Waals surface area contributed by atoms with Crippen LogP contribution in [0.3, 0.4) is 0 Å². The smallest absolute Gasteiger partial charge is 0.416 e. The van der Waals surface area contributed by atoms with E-state index in [2.05, 4.69) is 9.47 Å². The maximum absolute atomic E-state index is 13.5. The van der Waals surface area contributed by atoms with Crippen molar-refractivity contribution in [3.8, 4) is 0 Å². The standard InChI is InChI=1S/C24H19F3O6S/c1-14-4-6-15(7-5-14)19-12-17(21(22(28)32-2)23(29)33-3)13-20(34(19,30)31)16-8-10-18(11-9-16)24(25,26)27/h4-13H,1-3H3. The first-order valence-electron chi connectivity index (χ1n) is 9.74. The van der Waals surface area contributed by atoms with Crippen LogP contribution in [0.15, 0.2) is 71.8 Å². The number of halogens is 3. The van der Waals surface area contributed by atoms with E-state index < -0.39 is 39.1 Å². The summed E-state index contributed by atoms with van der Waals surface area (Å²) in [6.07, 6.45) is -2.44. The molecule has 6 nitrogen and oxygen atoms in total. The van der Waals surface area contributed by atoms with E-state index in [1.165, 1.54) is 0 Å². The molecule has 2 aromatic carbocycles. The van der Waals surface area contributed by atoms with Crippen LogP contribution in [0, 0.1) is 6.92 Å². The Bertz CT molecular complexity index is 1310. The second-order valence-corrected chi connectivity index (χ2v) is 9.16. The van der Waals surface area contributed by atoms with Gasteiger partial charge in [-0.25, -0.2) is 18.0 Å². The molecule has 0 aromatic heterocycles. The number of carbonyl (C=O) groups is 2. The second kappa shape index (κ2) is 9.30. The molecule has 34 heavy (non-hydrogen) atoms. The fourth-order valence-corrected chi connectivity index (χ4v) is 4.98. The monoisotopic (exact) mass is 492 g/mol. The number of allylic oxidation sites excluding steroid dienone is 3. The van der Waals surface area contributed by atoms with E-state index in [1.807, 2.05) is 0 Å². The summed E-state index contributed by atoms with van der Waals surface area (Å²) in [4.78, 5) is 24.1. The van der Waals surface area contributed by atoms with Crippen molar-refractivity contribution < 1.29 is 40.7 Å². The molecule has 0 aliphatic carbocycles. The quantitative estimate of drug-likeness (QED) is 0.271. The van der Waals surface area contributed by atoms with Gasteiger partial charge in [-0.1, -0.05) is 42.0 Å². The molecule has 0 saturated carbocycles. The van der Waals surface area contributed by atoms with Crippen molar-refractivity contribution in [1.82, 2.24) is 0 Å². The molecule has 0 fully saturated rings. The van der Waals surface area contributed by atoms with Crippen LogP contribution in [0.4, 0.5) is 13.2 Å². The van der Waals surface area contributed by atoms with Gasteiger partial charge in [0, 0.05) is 0 Å². The van der Waals surface area contributed by atoms with Crippen molar-refractivity contribution in [2.75, 3.05) is 14.2 Å². The minimum atomic E-state index is -4.61. The molecule has 10 heteroatoms. The Labute approximate surface area is 193 Å². The molecular formula is C24H19F3O6S. The van der Waals surface area contributed by atoms with Crippen molar-refractivity contribution in [3.63, 3.8) is 0 Å². The zero-order valence-electron chi connectivity index (χ0n) is 18.3. The Balaban J connectivity index is 2.33. The number of hydrogen-bond acceptors (Lipinski definition) is 6. The third-order valence-corrected chi connectivity index (χ3v) is 6.92. The number of rotatable bonds is 4. The molecular weight excluding hydrogens is 473 g/mol. The molecule has 1 aliphatic rings. The van der Waals surface area contributed by atoms with Gasteiger partial charge in [0.2, 0.25) is 9.84 Å². The van der Waals surface area contributed by atoms with Crippen molar-refractivity contribution in [2.45, 2.75) is 13.1 Å². The van der Waals surface area contributed by atoms with Crippen LogP contribution in [-0.2, 0) is 35.1 Å². The van der Waals surface area contributed by atoms with E-state index >= 15 is 0 Å². The average Bonchev–Trinajstić information content (AvgIpc) is 2.79. The van der Waals surface area contributed by atoms with Crippen molar-refractivity contribution in [2.24, 2.45) is 0 Å². The topological polar surface area (TPSA) is 86.7 Å². The molecule has 1 aliphatic heterocycles. The molecule has 0 N–H and O–H groups in total. The van der Waals surface area contributed by atoms with Crippen LogP contribution in [-0.4, -0.2) is 34.6 Å². The molecule has 1 heterocycles. The summed E-state index contributed by atoms with van der Waals surface area (Å²) in [7, 11) is -2.18. The normalized spacial score (nSPS) is 15.2. The summed E-state index contributed by atoms with van der Waals surface area (Å²) in [6, 6.07) is 9.96. The van der Waals surface area contributed by atoms with Gasteiger partial charge < -0.3 is 9.47 Å². The summed E-state index contributed by atoms with van der Waals surface area (Å²) in [5, 5.41) is 0. The zero-order valence-corrected chi connectivity index (χ0v) is 19.1. The van der Waals surface area contributed by atoms with Gasteiger partial charge in [-0.15, -0.1) is 0 Å². The average molecular weight is 492 g/mol. The molecule has 2 aromatic rings. The second-order valence-electron chi connectivity index (χ2n) is 7.28. The molecule has 0 amide bonds. The highest BCUT2D eigenvalue weighted by Crippen LogP contribution is 2.40. The molecule has 3 rings (SSSR count). The zero-order chi connectivity index (χ0) is 25.3. The molecule has 0 spiro atoms. The number of hydrogen-bond donors (Lipinski definition) is 0. The number of alkyl halides is 3. The van der Waals surface area contributed by atoms with E-state index in [1.54, 1.807) is 31.2 Å². The maximum Gasteiger partial charge on any atom is 0.416 e. The number of sulfone groups is 1. The number of esters is 2. The van der Waals surface area contributed by atoms with Gasteiger partial charge >= 0.3 is 18.1 Å². The molecule has 0 saturated heterocycles. The lowest BCUT2D eigenvalue weighted by atomic mass is 10.0. The number of carbonyl (C=O) groups excluding carboxylic acids is 2.